The summed E-state index contributed by atoms with van der Waals surface area (Å²) in [4.78, 5) is 10.5. The predicted octanol–water partition coefficient (Wildman–Crippen LogP) is 5.85. The van der Waals surface area contributed by atoms with Crippen molar-refractivity contribution in [1.29, 1.82) is 5.41 Å². The van der Waals surface area contributed by atoms with Gasteiger partial charge in [0.2, 0.25) is 5.96 Å². The van der Waals surface area contributed by atoms with Gasteiger partial charge in [0.15, 0.2) is 0 Å². The molecule has 0 spiro atoms. The highest BCUT2D eigenvalue weighted by molar-refractivity contribution is 6.14. The predicted molar refractivity (Wildman–Crippen MR) is 160 cm³/mol. The largest absolute Gasteiger partial charge is 0.369 e. The first kappa shape index (κ1) is 28.2. The molecule has 194 valence electrons. The Morgan fingerprint density at radius 3 is 1.95 bits per heavy atom. The van der Waals surface area contributed by atoms with Gasteiger partial charge in [0.05, 0.1) is 17.4 Å². The molecule has 9 heteroatoms. The molecule has 0 aliphatic heterocycles. The van der Waals surface area contributed by atoms with E-state index in [1.807, 2.05) is 48.7 Å². The third-order valence-electron chi connectivity index (χ3n) is 5.84. The second-order valence-electron chi connectivity index (χ2n) is 8.49. The minimum atomic E-state index is -0.221. The number of nitrogens with one attached hydrogen (secondary N) is 3. The van der Waals surface area contributed by atoms with E-state index < -0.39 is 0 Å². The first-order valence-electron chi connectivity index (χ1n) is 11.7. The van der Waals surface area contributed by atoms with Gasteiger partial charge < -0.3 is 15.6 Å². The Morgan fingerprint density at radius 2 is 1.39 bits per heavy atom. The molecular weight excluding hydrogens is 517 g/mol. The van der Waals surface area contributed by atoms with Gasteiger partial charge in [-0.3, -0.25) is 5.41 Å². The number of pyridine rings is 1. The van der Waals surface area contributed by atoms with Crippen LogP contribution in [0.1, 0.15) is 22.4 Å². The van der Waals surface area contributed by atoms with E-state index in [-0.39, 0.29) is 30.8 Å². The second kappa shape index (κ2) is 13.3. The topological polar surface area (TPSA) is 106 Å². The molecule has 7 nitrogen and oxygen atoms in total. The summed E-state index contributed by atoms with van der Waals surface area (Å²) in [5, 5.41) is 12.9. The molecule has 0 saturated carbocycles. The summed E-state index contributed by atoms with van der Waals surface area (Å²) in [5.74, 6) is 0.668. The van der Waals surface area contributed by atoms with Crippen molar-refractivity contribution in [2.45, 2.75) is 13.1 Å². The van der Waals surface area contributed by atoms with Crippen molar-refractivity contribution in [1.82, 2.24) is 15.4 Å². The second-order valence-corrected chi connectivity index (χ2v) is 8.49. The molecule has 0 amide bonds. The smallest absolute Gasteiger partial charge is 0.206 e. The van der Waals surface area contributed by atoms with Crippen LogP contribution < -0.4 is 16.1 Å². The number of benzene rings is 3. The number of aromatic nitrogens is 2. The molecule has 5 aromatic rings. The zero-order valence-corrected chi connectivity index (χ0v) is 22.2. The Hall–Kier alpha value is -4.33. The Morgan fingerprint density at radius 1 is 0.842 bits per heavy atom. The number of nitrogens with zero attached hydrogens (tertiary/aromatic N) is 3. The maximum absolute atomic E-state index is 7.51. The van der Waals surface area contributed by atoms with Crippen molar-refractivity contribution in [2.24, 2.45) is 10.8 Å². The Bertz CT molecular complexity index is 1450. The van der Waals surface area contributed by atoms with E-state index in [9.17, 15) is 0 Å². The molecule has 2 aromatic heterocycles. The number of halogens is 2. The average Bonchev–Trinajstić information content (AvgIpc) is 3.33. The van der Waals surface area contributed by atoms with Crippen LogP contribution in [-0.4, -0.2) is 21.6 Å². The molecule has 0 unspecified atom stereocenters. The van der Waals surface area contributed by atoms with Crippen molar-refractivity contribution < 1.29 is 0 Å². The van der Waals surface area contributed by atoms with Crippen LogP contribution in [0.5, 0.6) is 0 Å². The molecule has 0 atom stereocenters. The zero-order valence-electron chi connectivity index (χ0n) is 20.5. The lowest BCUT2D eigenvalue weighted by molar-refractivity contribution is 0.785. The van der Waals surface area contributed by atoms with Gasteiger partial charge in [0.1, 0.15) is 11.5 Å². The molecule has 5 rings (SSSR count). The van der Waals surface area contributed by atoms with Gasteiger partial charge in [0, 0.05) is 24.0 Å². The van der Waals surface area contributed by atoms with Crippen molar-refractivity contribution in [3.8, 4) is 0 Å². The first-order valence-corrected chi connectivity index (χ1v) is 11.7. The Labute approximate surface area is 234 Å². The fourth-order valence-electron chi connectivity index (χ4n) is 4.14. The fourth-order valence-corrected chi connectivity index (χ4v) is 4.14. The fraction of sp³-hybridized carbons (Fsp3) is 0.0690. The van der Waals surface area contributed by atoms with Gasteiger partial charge >= 0.3 is 0 Å². The van der Waals surface area contributed by atoms with Gasteiger partial charge in [-0.05, 0) is 23.3 Å². The van der Waals surface area contributed by atoms with Gasteiger partial charge in [-0.2, -0.15) is 5.10 Å². The number of guanidine groups is 1. The molecule has 5 N–H and O–H groups in total. The molecule has 0 bridgehead atoms. The van der Waals surface area contributed by atoms with Crippen molar-refractivity contribution >= 4 is 53.2 Å². The molecule has 0 aliphatic carbocycles. The molecule has 2 heterocycles. The minimum absolute atomic E-state index is 0. The SMILES string of the molecule is Cl.Cl.N=C(N)NN=C(c1ccccc1)c1cc2cc(N(Cc3ccccc3)Cc3ccccc3)ncc2[nH]1. The lowest BCUT2D eigenvalue weighted by Crippen LogP contribution is -2.27. The number of hydrazone groups is 1. The Balaban J connectivity index is 0.00000200. The van der Waals surface area contributed by atoms with Gasteiger partial charge in [-0.15, -0.1) is 24.8 Å². The molecule has 0 radical (unpaired) electrons. The average molecular weight is 547 g/mol. The van der Waals surface area contributed by atoms with Crippen LogP contribution in [0.15, 0.2) is 114 Å². The number of anilines is 1. The van der Waals surface area contributed by atoms with Crippen molar-refractivity contribution in [3.63, 3.8) is 0 Å². The van der Waals surface area contributed by atoms with Crippen LogP contribution in [-0.2, 0) is 13.1 Å². The van der Waals surface area contributed by atoms with E-state index in [1.54, 1.807) is 0 Å². The van der Waals surface area contributed by atoms with Crippen molar-refractivity contribution in [2.75, 3.05) is 4.90 Å². The summed E-state index contributed by atoms with van der Waals surface area (Å²) in [7, 11) is 0. The first-order chi connectivity index (χ1) is 17.7. The van der Waals surface area contributed by atoms with Crippen LogP contribution in [0.3, 0.4) is 0 Å². The van der Waals surface area contributed by atoms with E-state index >= 15 is 0 Å². The normalized spacial score (nSPS) is 10.8. The summed E-state index contributed by atoms with van der Waals surface area (Å²) in [6, 6.07) is 34.8. The Kier molecular flexibility index (Phi) is 9.87. The zero-order chi connectivity index (χ0) is 24.7. The van der Waals surface area contributed by atoms with Crippen LogP contribution in [0, 0.1) is 5.41 Å². The minimum Gasteiger partial charge on any atom is -0.369 e. The summed E-state index contributed by atoms with van der Waals surface area (Å²) in [6.45, 7) is 1.48. The van der Waals surface area contributed by atoms with E-state index in [1.165, 1.54) is 11.1 Å². The standard InChI is InChI=1S/C29H27N7.2ClH/c30-29(31)35-34-28(23-14-8-3-9-15-23)25-16-24-17-27(32-18-26(24)33-25)36(19-21-10-4-1-5-11-21)20-22-12-6-2-7-13-22;;/h1-18,33H,19-20H2,(H4,30,31,35);2*1H. The third kappa shape index (κ3) is 6.91. The molecule has 38 heavy (non-hydrogen) atoms. The number of hydrogen-bond acceptors (Lipinski definition) is 4. The van der Waals surface area contributed by atoms with E-state index in [0.29, 0.717) is 5.71 Å². The van der Waals surface area contributed by atoms with Crippen LogP contribution in [0.25, 0.3) is 10.9 Å². The molecule has 3 aromatic carbocycles. The monoisotopic (exact) mass is 545 g/mol. The van der Waals surface area contributed by atoms with E-state index in [0.717, 1.165) is 41.1 Å². The lowest BCUT2D eigenvalue weighted by atomic mass is 10.1. The number of aromatic amines is 1. The maximum atomic E-state index is 7.51. The van der Waals surface area contributed by atoms with Crippen molar-refractivity contribution in [3.05, 3.63) is 132 Å². The van der Waals surface area contributed by atoms with Gasteiger partial charge in [0.25, 0.3) is 0 Å². The molecule has 0 aliphatic rings. The quantitative estimate of drug-likeness (QED) is 0.111. The summed E-state index contributed by atoms with van der Waals surface area (Å²) < 4.78 is 0. The summed E-state index contributed by atoms with van der Waals surface area (Å²) >= 11 is 0. The highest BCUT2D eigenvalue weighted by Gasteiger charge is 2.15. The molecule has 0 saturated heterocycles. The highest BCUT2D eigenvalue weighted by Crippen LogP contribution is 2.25. The van der Waals surface area contributed by atoms with Gasteiger partial charge in [-0.1, -0.05) is 91.0 Å². The van der Waals surface area contributed by atoms with Crippen LogP contribution in [0.2, 0.25) is 0 Å². The molecule has 0 fully saturated rings. The van der Waals surface area contributed by atoms with Crippen LogP contribution in [0.4, 0.5) is 5.82 Å². The number of nitrogens with two attached hydrogens (primary N) is 1. The molecular formula is C29H29Cl2N7. The van der Waals surface area contributed by atoms with E-state index in [2.05, 4.69) is 81.1 Å². The maximum Gasteiger partial charge on any atom is 0.206 e. The number of fused-ring (bicyclic) bond motifs is 1. The number of rotatable bonds is 8. The highest BCUT2D eigenvalue weighted by atomic mass is 35.5. The third-order valence-corrected chi connectivity index (χ3v) is 5.84. The summed E-state index contributed by atoms with van der Waals surface area (Å²) in [6.07, 6.45) is 1.86. The number of H-pyrrole nitrogens is 1. The van der Waals surface area contributed by atoms with E-state index in [4.69, 9.17) is 16.1 Å². The van der Waals surface area contributed by atoms with Crippen LogP contribution >= 0.6 is 24.8 Å². The summed E-state index contributed by atoms with van der Waals surface area (Å²) in [5.41, 5.74) is 13.8. The van der Waals surface area contributed by atoms with Gasteiger partial charge in [-0.25, -0.2) is 10.4 Å². The number of hydrogen-bond donors (Lipinski definition) is 4. The lowest BCUT2D eigenvalue weighted by Gasteiger charge is -2.24.